The van der Waals surface area contributed by atoms with E-state index in [1.54, 1.807) is 30.3 Å². The molecule has 0 spiro atoms. The molecule has 0 atom stereocenters. The molecule has 0 saturated heterocycles. The summed E-state index contributed by atoms with van der Waals surface area (Å²) in [7, 11) is 0. The molecule has 0 aliphatic rings. The van der Waals surface area contributed by atoms with Crippen molar-refractivity contribution in [2.45, 2.75) is 6.92 Å². The van der Waals surface area contributed by atoms with Crippen LogP contribution in [0.5, 0.6) is 11.5 Å². The van der Waals surface area contributed by atoms with Crippen molar-refractivity contribution < 1.29 is 4.74 Å². The van der Waals surface area contributed by atoms with Crippen LogP contribution in [0.2, 0.25) is 0 Å². The Bertz CT molecular complexity index is 896. The Hall–Kier alpha value is -3.27. The van der Waals surface area contributed by atoms with Crippen LogP contribution in [0.15, 0.2) is 58.2 Å². The van der Waals surface area contributed by atoms with Crippen molar-refractivity contribution in [1.82, 2.24) is 0 Å². The monoisotopic (exact) mass is 378 g/mol. The number of ether oxygens (including phenoxy) is 1. The van der Waals surface area contributed by atoms with Gasteiger partial charge in [-0.05, 0) is 55.0 Å². The van der Waals surface area contributed by atoms with E-state index in [9.17, 15) is 0 Å². The molecule has 1 N–H and O–H groups in total. The smallest absolute Gasteiger partial charge is 0.163 e. The van der Waals surface area contributed by atoms with Gasteiger partial charge in [-0.2, -0.15) is 15.8 Å². The number of nitrogens with zero attached hydrogens (tertiary/aromatic N) is 3. The second-order valence-corrected chi connectivity index (χ2v) is 5.66. The summed E-state index contributed by atoms with van der Waals surface area (Å²) in [5, 5.41) is 29.6. The van der Waals surface area contributed by atoms with Gasteiger partial charge >= 0.3 is 0 Å². The molecule has 6 heteroatoms. The summed E-state index contributed by atoms with van der Waals surface area (Å²) in [5.74, 6) is 1.34. The van der Waals surface area contributed by atoms with Gasteiger partial charge in [0, 0.05) is 10.2 Å². The largest absolute Gasteiger partial charge is 0.457 e. The molecule has 2 aromatic carbocycles. The van der Waals surface area contributed by atoms with Crippen LogP contribution in [0, 0.1) is 40.9 Å². The molecule has 0 fully saturated rings. The number of allylic oxidation sites excluding steroid dienone is 2. The molecule has 0 aliphatic carbocycles. The minimum atomic E-state index is -0.257. The first-order valence-corrected chi connectivity index (χ1v) is 7.62. The second kappa shape index (κ2) is 7.83. The number of anilines is 1. The van der Waals surface area contributed by atoms with Gasteiger partial charge in [0.05, 0.1) is 0 Å². The number of rotatable bonds is 4. The quantitative estimate of drug-likeness (QED) is 0.772. The Morgan fingerprint density at radius 3 is 2.12 bits per heavy atom. The molecule has 0 aromatic heterocycles. The van der Waals surface area contributed by atoms with Gasteiger partial charge < -0.3 is 10.1 Å². The first-order valence-electron chi connectivity index (χ1n) is 6.83. The van der Waals surface area contributed by atoms with Crippen LogP contribution in [0.4, 0.5) is 5.69 Å². The highest BCUT2D eigenvalue weighted by molar-refractivity contribution is 9.10. The van der Waals surface area contributed by atoms with Crippen LogP contribution in [0.3, 0.4) is 0 Å². The highest BCUT2D eigenvalue weighted by atomic mass is 79.9. The number of hydrogen-bond acceptors (Lipinski definition) is 5. The van der Waals surface area contributed by atoms with Crippen LogP contribution >= 0.6 is 15.9 Å². The predicted molar refractivity (Wildman–Crippen MR) is 92.9 cm³/mol. The van der Waals surface area contributed by atoms with E-state index in [1.807, 2.05) is 37.3 Å². The third-order valence-electron chi connectivity index (χ3n) is 3.09. The average molecular weight is 379 g/mol. The van der Waals surface area contributed by atoms with Gasteiger partial charge in [-0.3, -0.25) is 0 Å². The van der Waals surface area contributed by atoms with Crippen molar-refractivity contribution >= 4 is 21.6 Å². The first-order chi connectivity index (χ1) is 11.6. The predicted octanol–water partition coefficient (Wildman–Crippen LogP) is 4.79. The number of hydrogen-bond donors (Lipinski definition) is 1. The molecule has 24 heavy (non-hydrogen) atoms. The normalized spacial score (nSPS) is 9.12. The third kappa shape index (κ3) is 4.14. The van der Waals surface area contributed by atoms with Crippen LogP contribution in [0.1, 0.15) is 5.56 Å². The maximum absolute atomic E-state index is 9.08. The standard InChI is InChI=1S/C18H11BrN4O/c1-12-8-16(24-15-4-2-14(19)3-5-15)6-7-17(12)23-18(11-22)13(9-20)10-21/h2-8,23H,1H3. The molecule has 2 aromatic rings. The van der Waals surface area contributed by atoms with Crippen LogP contribution in [-0.2, 0) is 0 Å². The molecule has 0 radical (unpaired) electrons. The molecule has 0 amide bonds. The van der Waals surface area contributed by atoms with E-state index in [1.165, 1.54) is 0 Å². The number of nitriles is 3. The molecule has 0 bridgehead atoms. The van der Waals surface area contributed by atoms with E-state index in [-0.39, 0.29) is 11.3 Å². The lowest BCUT2D eigenvalue weighted by atomic mass is 10.1. The highest BCUT2D eigenvalue weighted by Crippen LogP contribution is 2.27. The van der Waals surface area contributed by atoms with Crippen molar-refractivity contribution in [3.63, 3.8) is 0 Å². The van der Waals surface area contributed by atoms with Crippen molar-refractivity contribution in [3.05, 3.63) is 63.8 Å². The van der Waals surface area contributed by atoms with Gasteiger partial charge in [0.1, 0.15) is 35.4 Å². The van der Waals surface area contributed by atoms with Gasteiger partial charge in [0.15, 0.2) is 5.57 Å². The molecule has 5 nitrogen and oxygen atoms in total. The van der Waals surface area contributed by atoms with E-state index in [4.69, 9.17) is 20.5 Å². The average Bonchev–Trinajstić information content (AvgIpc) is 2.59. The van der Waals surface area contributed by atoms with E-state index >= 15 is 0 Å². The lowest BCUT2D eigenvalue weighted by Crippen LogP contribution is -2.02. The summed E-state index contributed by atoms with van der Waals surface area (Å²) in [5.41, 5.74) is 1.10. The minimum Gasteiger partial charge on any atom is -0.457 e. The summed E-state index contributed by atoms with van der Waals surface area (Å²) in [6, 6.07) is 17.9. The molecule has 0 unspecified atom stereocenters. The summed E-state index contributed by atoms with van der Waals surface area (Å²) in [6.45, 7) is 1.84. The molecular formula is C18H11BrN4O. The second-order valence-electron chi connectivity index (χ2n) is 4.74. The van der Waals surface area contributed by atoms with Crippen molar-refractivity contribution in [3.8, 4) is 29.7 Å². The van der Waals surface area contributed by atoms with Crippen molar-refractivity contribution in [2.24, 2.45) is 0 Å². The minimum absolute atomic E-state index is 0.0790. The fourth-order valence-corrected chi connectivity index (χ4v) is 2.16. The van der Waals surface area contributed by atoms with Crippen molar-refractivity contribution in [1.29, 1.82) is 15.8 Å². The van der Waals surface area contributed by atoms with Crippen molar-refractivity contribution in [2.75, 3.05) is 5.32 Å². The maximum Gasteiger partial charge on any atom is 0.163 e. The summed E-state index contributed by atoms with van der Waals surface area (Å²) >= 11 is 3.36. The van der Waals surface area contributed by atoms with E-state index < -0.39 is 0 Å². The van der Waals surface area contributed by atoms with Crippen LogP contribution in [0.25, 0.3) is 0 Å². The topological polar surface area (TPSA) is 92.6 Å². The fraction of sp³-hybridized carbons (Fsp3) is 0.0556. The van der Waals surface area contributed by atoms with E-state index in [2.05, 4.69) is 21.2 Å². The molecule has 0 heterocycles. The Labute approximate surface area is 148 Å². The number of halogens is 1. The Balaban J connectivity index is 2.23. The zero-order valence-corrected chi connectivity index (χ0v) is 14.3. The zero-order chi connectivity index (χ0) is 17.5. The van der Waals surface area contributed by atoms with Gasteiger partial charge in [0.2, 0.25) is 0 Å². The van der Waals surface area contributed by atoms with Crippen LogP contribution < -0.4 is 10.1 Å². The SMILES string of the molecule is Cc1cc(Oc2ccc(Br)cc2)ccc1NC(C#N)=C(C#N)C#N. The lowest BCUT2D eigenvalue weighted by molar-refractivity contribution is 0.482. The Morgan fingerprint density at radius 2 is 1.58 bits per heavy atom. The Morgan fingerprint density at radius 1 is 0.958 bits per heavy atom. The number of benzene rings is 2. The summed E-state index contributed by atoms with van der Waals surface area (Å²) in [4.78, 5) is 0. The van der Waals surface area contributed by atoms with Gasteiger partial charge in [0.25, 0.3) is 0 Å². The molecule has 0 aliphatic heterocycles. The number of aryl methyl sites for hydroxylation is 1. The summed E-state index contributed by atoms with van der Waals surface area (Å²) < 4.78 is 6.72. The molecule has 116 valence electrons. The fourth-order valence-electron chi connectivity index (χ4n) is 1.90. The van der Waals surface area contributed by atoms with Crippen LogP contribution in [-0.4, -0.2) is 0 Å². The van der Waals surface area contributed by atoms with E-state index in [0.717, 1.165) is 10.0 Å². The zero-order valence-electron chi connectivity index (χ0n) is 12.7. The van der Waals surface area contributed by atoms with E-state index in [0.29, 0.717) is 17.2 Å². The maximum atomic E-state index is 9.08. The van der Waals surface area contributed by atoms with Gasteiger partial charge in [-0.15, -0.1) is 0 Å². The highest BCUT2D eigenvalue weighted by Gasteiger charge is 2.08. The third-order valence-corrected chi connectivity index (χ3v) is 3.62. The first kappa shape index (κ1) is 17.1. The molecule has 0 saturated carbocycles. The van der Waals surface area contributed by atoms with Gasteiger partial charge in [-0.1, -0.05) is 15.9 Å². The number of nitrogens with one attached hydrogen (secondary N) is 1. The molecular weight excluding hydrogens is 368 g/mol. The van der Waals surface area contributed by atoms with Gasteiger partial charge in [-0.25, -0.2) is 0 Å². The lowest BCUT2D eigenvalue weighted by Gasteiger charge is -2.11. The Kier molecular flexibility index (Phi) is 5.58. The summed E-state index contributed by atoms with van der Waals surface area (Å²) in [6.07, 6.45) is 0. The molecule has 2 rings (SSSR count).